The van der Waals surface area contributed by atoms with E-state index >= 15 is 0 Å². The molecule has 0 aromatic heterocycles. The molecule has 8 nitrogen and oxygen atoms in total. The van der Waals surface area contributed by atoms with Gasteiger partial charge in [0.1, 0.15) is 0 Å². The van der Waals surface area contributed by atoms with Crippen LogP contribution in [0.5, 0.6) is 0 Å². The molecule has 0 unspecified atom stereocenters. The number of benzene rings is 2. The van der Waals surface area contributed by atoms with Crippen LogP contribution in [-0.4, -0.2) is 17.5 Å². The van der Waals surface area contributed by atoms with Gasteiger partial charge in [-0.3, -0.25) is 9.11 Å². The first-order valence-corrected chi connectivity index (χ1v) is 7.73. The van der Waals surface area contributed by atoms with Crippen molar-refractivity contribution in [1.29, 1.82) is 5.39 Å². The molecule has 0 saturated heterocycles. The monoisotopic (exact) mass is 335 g/mol. The number of nitrogens with zero attached hydrogens (tertiary/aromatic N) is 4. The second kappa shape index (κ2) is 8.09. The molecule has 2 aromatic carbocycles. The minimum atomic E-state index is -4.67. The molecule has 0 spiro atoms. The van der Waals surface area contributed by atoms with Gasteiger partial charge < -0.3 is 0 Å². The molecule has 0 aliphatic rings. The summed E-state index contributed by atoms with van der Waals surface area (Å²) in [6.45, 7) is 3.88. The first-order valence-electron chi connectivity index (χ1n) is 6.33. The topological polar surface area (TPSA) is 127 Å². The summed E-state index contributed by atoms with van der Waals surface area (Å²) >= 11 is 0. The van der Waals surface area contributed by atoms with Gasteiger partial charge in [-0.1, -0.05) is 12.1 Å². The Bertz CT molecular complexity index is 849. The molecule has 0 aliphatic carbocycles. The van der Waals surface area contributed by atoms with Crippen LogP contribution in [0.15, 0.2) is 52.7 Å². The fourth-order valence-corrected chi connectivity index (χ4v) is 1.62. The Kier molecular flexibility index (Phi) is 6.47. The molecule has 0 bridgehead atoms. The fraction of sp³-hybridized carbons (Fsp3) is 0.143. The molecule has 2 rings (SSSR count). The van der Waals surface area contributed by atoms with Crippen LogP contribution >= 0.6 is 0 Å². The zero-order valence-corrected chi connectivity index (χ0v) is 13.3. The Morgan fingerprint density at radius 2 is 1.57 bits per heavy atom. The molecule has 0 saturated carbocycles. The van der Waals surface area contributed by atoms with Crippen LogP contribution in [0.2, 0.25) is 0 Å². The van der Waals surface area contributed by atoms with Crippen molar-refractivity contribution in [3.63, 3.8) is 0 Å². The van der Waals surface area contributed by atoms with Gasteiger partial charge in [-0.2, -0.15) is 18.6 Å². The third-order valence-corrected chi connectivity index (χ3v) is 2.57. The van der Waals surface area contributed by atoms with Gasteiger partial charge in [0, 0.05) is 11.6 Å². The number of rotatable bonds is 2. The van der Waals surface area contributed by atoms with Crippen LogP contribution in [0.1, 0.15) is 11.1 Å². The summed E-state index contributed by atoms with van der Waals surface area (Å²) in [7, 11) is -4.67. The quantitative estimate of drug-likeness (QED) is 0.472. The van der Waals surface area contributed by atoms with Crippen LogP contribution in [0, 0.1) is 19.2 Å². The van der Waals surface area contributed by atoms with E-state index in [9.17, 15) is 0 Å². The highest BCUT2D eigenvalue weighted by molar-refractivity contribution is 7.79. The third kappa shape index (κ3) is 7.77. The van der Waals surface area contributed by atoms with Crippen molar-refractivity contribution >= 4 is 27.5 Å². The molecule has 0 atom stereocenters. The summed E-state index contributed by atoms with van der Waals surface area (Å²) in [5.74, 6) is 0. The van der Waals surface area contributed by atoms with Gasteiger partial charge in [0.05, 0.1) is 11.4 Å². The molecule has 0 fully saturated rings. The second-order valence-corrected chi connectivity index (χ2v) is 5.45. The average molecular weight is 335 g/mol. The van der Waals surface area contributed by atoms with Crippen molar-refractivity contribution in [2.75, 3.05) is 0 Å². The minimum Gasteiger partial charge on any atom is -0.264 e. The van der Waals surface area contributed by atoms with E-state index in [1.165, 1.54) is 0 Å². The highest BCUT2D eigenvalue weighted by atomic mass is 32.3. The Balaban J connectivity index is 0.000000463. The van der Waals surface area contributed by atoms with Gasteiger partial charge in [-0.05, 0) is 43.7 Å². The number of hydrogen-bond donors (Lipinski definition) is 2. The Morgan fingerprint density at radius 1 is 1.00 bits per heavy atom. The SMILES string of the molecule is Cc1cccc(N=Nc2ccc([N+]#N)c(C)c2)c1.O=S(=O)(O)O. The van der Waals surface area contributed by atoms with Crippen molar-refractivity contribution in [3.05, 3.63) is 58.6 Å². The lowest BCUT2D eigenvalue weighted by Gasteiger charge is -1.95. The van der Waals surface area contributed by atoms with E-state index < -0.39 is 10.4 Å². The summed E-state index contributed by atoms with van der Waals surface area (Å²) in [5.41, 5.74) is 4.12. The minimum absolute atomic E-state index is 0.546. The molecule has 0 heterocycles. The Hall–Kier alpha value is -2.67. The van der Waals surface area contributed by atoms with Crippen LogP contribution in [0.3, 0.4) is 0 Å². The molecule has 0 radical (unpaired) electrons. The lowest BCUT2D eigenvalue weighted by molar-refractivity contribution is 0.381. The van der Waals surface area contributed by atoms with E-state index in [0.29, 0.717) is 5.69 Å². The van der Waals surface area contributed by atoms with E-state index in [-0.39, 0.29) is 0 Å². The molecule has 120 valence electrons. The predicted octanol–water partition coefficient (Wildman–Crippen LogP) is 4.55. The van der Waals surface area contributed by atoms with Gasteiger partial charge in [0.25, 0.3) is 0 Å². The van der Waals surface area contributed by atoms with Crippen molar-refractivity contribution < 1.29 is 17.5 Å². The first-order chi connectivity index (χ1) is 10.7. The van der Waals surface area contributed by atoms with E-state index in [1.54, 1.807) is 12.1 Å². The van der Waals surface area contributed by atoms with Crippen molar-refractivity contribution in [1.82, 2.24) is 0 Å². The lowest BCUT2D eigenvalue weighted by Crippen LogP contribution is -1.89. The molecule has 2 aromatic rings. The lowest BCUT2D eigenvalue weighted by atomic mass is 10.2. The first kappa shape index (κ1) is 18.4. The number of azo groups is 1. The maximum atomic E-state index is 8.74. The molecule has 9 heteroatoms. The van der Waals surface area contributed by atoms with E-state index in [1.807, 2.05) is 44.2 Å². The van der Waals surface area contributed by atoms with E-state index in [4.69, 9.17) is 22.9 Å². The van der Waals surface area contributed by atoms with Crippen molar-refractivity contribution in [2.45, 2.75) is 13.8 Å². The zero-order chi connectivity index (χ0) is 17.5. The van der Waals surface area contributed by atoms with Crippen molar-refractivity contribution in [3.8, 4) is 0 Å². The average Bonchev–Trinajstić information content (AvgIpc) is 2.43. The second-order valence-electron chi connectivity index (χ2n) is 4.56. The molecular formula is C14H15N4O4S+. The summed E-state index contributed by atoms with van der Waals surface area (Å²) in [6, 6.07) is 13.1. The highest BCUT2D eigenvalue weighted by Gasteiger charge is 2.09. The van der Waals surface area contributed by atoms with Gasteiger partial charge in [-0.15, -0.1) is 0 Å². The number of aryl methyl sites for hydroxylation is 2. The number of hydrogen-bond acceptors (Lipinski definition) is 5. The van der Waals surface area contributed by atoms with Gasteiger partial charge in [-0.25, -0.2) is 0 Å². The normalized spacial score (nSPS) is 10.7. The summed E-state index contributed by atoms with van der Waals surface area (Å²) in [4.78, 5) is 3.17. The summed E-state index contributed by atoms with van der Waals surface area (Å²) in [5, 5.41) is 17.0. The van der Waals surface area contributed by atoms with E-state index in [0.717, 1.165) is 22.5 Å². The molecule has 0 amide bonds. The Morgan fingerprint density at radius 3 is 2.04 bits per heavy atom. The highest BCUT2D eigenvalue weighted by Crippen LogP contribution is 2.25. The van der Waals surface area contributed by atoms with E-state index in [2.05, 4.69) is 15.2 Å². The molecule has 0 aliphatic heterocycles. The summed E-state index contributed by atoms with van der Waals surface area (Å²) in [6.07, 6.45) is 0. The smallest absolute Gasteiger partial charge is 0.264 e. The molecule has 23 heavy (non-hydrogen) atoms. The van der Waals surface area contributed by atoms with Crippen LogP contribution in [-0.2, 0) is 10.4 Å². The molecule has 2 N–H and O–H groups in total. The number of diazo groups is 1. The maximum absolute atomic E-state index is 8.74. The van der Waals surface area contributed by atoms with Gasteiger partial charge >= 0.3 is 16.1 Å². The third-order valence-electron chi connectivity index (χ3n) is 2.57. The van der Waals surface area contributed by atoms with Crippen molar-refractivity contribution in [2.24, 2.45) is 10.2 Å². The predicted molar refractivity (Wildman–Crippen MR) is 85.5 cm³/mol. The Labute approximate surface area is 133 Å². The fourth-order valence-electron chi connectivity index (χ4n) is 1.62. The van der Waals surface area contributed by atoms with Gasteiger partial charge in [0.15, 0.2) is 4.98 Å². The maximum Gasteiger partial charge on any atom is 0.394 e. The van der Waals surface area contributed by atoms with Gasteiger partial charge in [0.2, 0.25) is 5.39 Å². The van der Waals surface area contributed by atoms with Crippen LogP contribution in [0.4, 0.5) is 17.1 Å². The van der Waals surface area contributed by atoms with Crippen LogP contribution in [0.25, 0.3) is 4.98 Å². The largest absolute Gasteiger partial charge is 0.394 e. The van der Waals surface area contributed by atoms with Crippen LogP contribution < -0.4 is 0 Å². The summed E-state index contributed by atoms with van der Waals surface area (Å²) < 4.78 is 31.6. The zero-order valence-electron chi connectivity index (χ0n) is 12.4. The standard InChI is InChI=1S/C14H13N4.H2O4S/c1-10-4-3-5-12(8-10)17-18-13-6-7-14(16-15)11(2)9-13;1-5(2,3)4/h3-9H,1-2H3;(H2,1,2,3,4)/q+1;. The molecular weight excluding hydrogens is 320 g/mol.